The maximum atomic E-state index is 12.3. The van der Waals surface area contributed by atoms with Crippen LogP contribution in [0.3, 0.4) is 0 Å². The van der Waals surface area contributed by atoms with Gasteiger partial charge < -0.3 is 17.2 Å². The zero-order valence-electron chi connectivity index (χ0n) is 30.4. The molecule has 4 nitrogen and oxygen atoms in total. The zero-order chi connectivity index (χ0) is 32.3. The predicted molar refractivity (Wildman–Crippen MR) is 209 cm³/mol. The highest BCUT2D eigenvalue weighted by Crippen LogP contribution is 2.68. The number of carbonyl (C=O) groups excluding carboxylic acids is 1. The molecule has 0 aromatic carbocycles. The first-order chi connectivity index (χ1) is 20.7. The summed E-state index contributed by atoms with van der Waals surface area (Å²) in [7, 11) is 3.99. The smallest absolute Gasteiger partial charge is 0.218 e. The lowest BCUT2D eigenvalue weighted by Crippen LogP contribution is -2.50. The number of allylic oxidation sites excluding steroid dienone is 2. The van der Waals surface area contributed by atoms with E-state index in [1.807, 2.05) is 21.6 Å². The summed E-state index contributed by atoms with van der Waals surface area (Å²) >= 11 is 0. The summed E-state index contributed by atoms with van der Waals surface area (Å²) in [4.78, 5) is 12.3. The molecular formula is C38H71Cl2N3OS2. The zero-order valence-corrected chi connectivity index (χ0v) is 33.6. The summed E-state index contributed by atoms with van der Waals surface area (Å²) in [6.45, 7) is 16.8. The molecule has 0 aliphatic heterocycles. The Hall–Kier alpha value is 0.410. The normalized spacial score (nSPS) is 35.3. The molecule has 0 saturated heterocycles. The Balaban J connectivity index is 0.00000368. The van der Waals surface area contributed by atoms with Gasteiger partial charge >= 0.3 is 0 Å². The number of primary amides is 1. The van der Waals surface area contributed by atoms with E-state index in [4.69, 9.17) is 17.2 Å². The maximum absolute atomic E-state index is 12.3. The van der Waals surface area contributed by atoms with Gasteiger partial charge in [-0.2, -0.15) is 0 Å². The third-order valence-corrected chi connectivity index (χ3v) is 17.1. The molecule has 4 aliphatic carbocycles. The van der Waals surface area contributed by atoms with Crippen LogP contribution in [-0.4, -0.2) is 28.0 Å². The van der Waals surface area contributed by atoms with E-state index in [1.165, 1.54) is 70.6 Å². The molecule has 0 aromatic heterocycles. The second-order valence-corrected chi connectivity index (χ2v) is 20.2. The van der Waals surface area contributed by atoms with Crippen LogP contribution in [0.25, 0.3) is 0 Å². The maximum Gasteiger partial charge on any atom is 0.218 e. The van der Waals surface area contributed by atoms with E-state index < -0.39 is 0 Å². The van der Waals surface area contributed by atoms with Crippen molar-refractivity contribution in [3.05, 3.63) is 11.6 Å². The van der Waals surface area contributed by atoms with Crippen LogP contribution in [0.2, 0.25) is 0 Å². The van der Waals surface area contributed by atoms with E-state index in [0.29, 0.717) is 22.5 Å². The largest absolute Gasteiger partial charge is 0.370 e. The Bertz CT molecular complexity index is 981. The molecular weight excluding hydrogens is 649 g/mol. The number of hydrogen-bond donors (Lipinski definition) is 3. The van der Waals surface area contributed by atoms with Crippen molar-refractivity contribution in [2.45, 2.75) is 173 Å². The molecule has 3 saturated carbocycles. The van der Waals surface area contributed by atoms with Crippen molar-refractivity contribution in [2.75, 3.05) is 0 Å². The van der Waals surface area contributed by atoms with Crippen LogP contribution in [-0.2, 0) is 4.79 Å². The lowest BCUT2D eigenvalue weighted by atomic mass is 9.47. The third kappa shape index (κ3) is 10.0. The Kier molecular flexibility index (Phi) is 16.7. The quantitative estimate of drug-likeness (QED) is 0.109. The number of halogens is 2. The second kappa shape index (κ2) is 18.1. The number of carbonyl (C=O) groups is 1. The van der Waals surface area contributed by atoms with Crippen molar-refractivity contribution in [1.82, 2.24) is 0 Å². The van der Waals surface area contributed by atoms with Crippen LogP contribution in [0.4, 0.5) is 0 Å². The van der Waals surface area contributed by atoms with E-state index in [9.17, 15) is 4.79 Å². The van der Waals surface area contributed by atoms with Gasteiger partial charge in [0.25, 0.3) is 0 Å². The molecule has 46 heavy (non-hydrogen) atoms. The molecule has 2 unspecified atom stereocenters. The Morgan fingerprint density at radius 3 is 2.15 bits per heavy atom. The standard InChI is InChI=1S/C38H69N3OS2.2ClH/c1-25(2)9-8-10-26(3)32-13-14-33-31-12-11-29-23-30(17-19-36(29,6)34(31)18-20-37(32,33)7)43-44-38(24-35(41)42,21-15-27(4)39)22-16-28(5)40;;/h11,25-28,30-34H,8-10,12-24,39-40H2,1-7H3,(H2,41,42);2*1H/t26-,27?,28?,30+,31+,32-,33+,34+,36+,37-,38?;;/m1../s1. The summed E-state index contributed by atoms with van der Waals surface area (Å²) in [5.74, 6) is 5.09. The summed E-state index contributed by atoms with van der Waals surface area (Å²) < 4.78 is -0.177. The SMILES string of the molecule is CC(C)CCC[C@@H](C)[C@H]1CC[C@H]2[C@@H]3CC=C4C[C@@H](SSC(CCC(C)N)(CCC(C)N)CC(N)=O)CC[C@]4(C)[C@H]3CC[C@]12C.Cl.Cl. The number of hydrogen-bond acceptors (Lipinski definition) is 5. The van der Waals surface area contributed by atoms with Crippen molar-refractivity contribution >= 4 is 52.3 Å². The van der Waals surface area contributed by atoms with Crippen LogP contribution >= 0.6 is 46.4 Å². The minimum absolute atomic E-state index is 0. The summed E-state index contributed by atoms with van der Waals surface area (Å²) in [6.07, 6.45) is 22.0. The lowest BCUT2D eigenvalue weighted by molar-refractivity contribution is -0.118. The van der Waals surface area contributed by atoms with Crippen LogP contribution in [0, 0.1) is 46.3 Å². The topological polar surface area (TPSA) is 95.1 Å². The first kappa shape index (κ1) is 42.6. The van der Waals surface area contributed by atoms with E-state index in [2.05, 4.69) is 54.5 Å². The van der Waals surface area contributed by atoms with Gasteiger partial charge in [-0.3, -0.25) is 4.79 Å². The number of fused-ring (bicyclic) bond motifs is 5. The first-order valence-electron chi connectivity index (χ1n) is 18.5. The third-order valence-electron chi connectivity index (χ3n) is 13.2. The minimum Gasteiger partial charge on any atom is -0.370 e. The Labute approximate surface area is 304 Å². The molecule has 0 spiro atoms. The van der Waals surface area contributed by atoms with Crippen LogP contribution in [0.1, 0.15) is 151 Å². The minimum atomic E-state index is -0.201. The summed E-state index contributed by atoms with van der Waals surface area (Å²) in [5.41, 5.74) is 20.9. The molecule has 4 aliphatic rings. The molecule has 4 rings (SSSR count). The molecule has 0 radical (unpaired) electrons. The first-order valence-corrected chi connectivity index (χ1v) is 20.7. The van der Waals surface area contributed by atoms with Gasteiger partial charge in [-0.25, -0.2) is 0 Å². The molecule has 6 N–H and O–H groups in total. The van der Waals surface area contributed by atoms with Crippen molar-refractivity contribution in [2.24, 2.45) is 63.5 Å². The second-order valence-electron chi connectivity index (χ2n) is 17.2. The van der Waals surface area contributed by atoms with Gasteiger partial charge in [0.2, 0.25) is 5.91 Å². The number of nitrogens with two attached hydrogens (primary N) is 3. The van der Waals surface area contributed by atoms with Crippen molar-refractivity contribution in [3.8, 4) is 0 Å². The average Bonchev–Trinajstić information content (AvgIpc) is 3.30. The molecule has 0 heterocycles. The Morgan fingerprint density at radius 1 is 0.913 bits per heavy atom. The van der Waals surface area contributed by atoms with Gasteiger partial charge in [0.1, 0.15) is 0 Å². The van der Waals surface area contributed by atoms with Gasteiger partial charge in [0.05, 0.1) is 0 Å². The monoisotopic (exact) mass is 719 g/mol. The fourth-order valence-electron chi connectivity index (χ4n) is 10.6. The van der Waals surface area contributed by atoms with Crippen molar-refractivity contribution in [3.63, 3.8) is 0 Å². The van der Waals surface area contributed by atoms with Gasteiger partial charge in [-0.05, 0) is 137 Å². The van der Waals surface area contributed by atoms with Crippen molar-refractivity contribution in [1.29, 1.82) is 0 Å². The average molecular weight is 721 g/mol. The van der Waals surface area contributed by atoms with Gasteiger partial charge in [-0.15, -0.1) is 24.8 Å². The lowest BCUT2D eigenvalue weighted by Gasteiger charge is -2.58. The fraction of sp³-hybridized carbons (Fsp3) is 0.921. The van der Waals surface area contributed by atoms with Crippen LogP contribution < -0.4 is 17.2 Å². The van der Waals surface area contributed by atoms with Gasteiger partial charge in [0.15, 0.2) is 0 Å². The highest BCUT2D eigenvalue weighted by Gasteiger charge is 2.59. The van der Waals surface area contributed by atoms with Crippen LogP contribution in [0.5, 0.6) is 0 Å². The molecule has 0 aromatic rings. The van der Waals surface area contributed by atoms with Gasteiger partial charge in [0, 0.05) is 28.5 Å². The molecule has 3 fully saturated rings. The molecule has 8 heteroatoms. The Morgan fingerprint density at radius 2 is 1.57 bits per heavy atom. The highest BCUT2D eigenvalue weighted by atomic mass is 35.5. The van der Waals surface area contributed by atoms with Crippen molar-refractivity contribution < 1.29 is 4.79 Å². The van der Waals surface area contributed by atoms with E-state index in [1.54, 1.807) is 5.57 Å². The van der Waals surface area contributed by atoms with E-state index >= 15 is 0 Å². The van der Waals surface area contributed by atoms with Crippen LogP contribution in [0.15, 0.2) is 11.6 Å². The summed E-state index contributed by atoms with van der Waals surface area (Å²) in [5, 5.41) is 0.602. The predicted octanol–water partition coefficient (Wildman–Crippen LogP) is 10.5. The van der Waals surface area contributed by atoms with E-state index in [0.717, 1.165) is 61.2 Å². The molecule has 1 amide bonds. The molecule has 270 valence electrons. The van der Waals surface area contributed by atoms with Gasteiger partial charge in [-0.1, -0.05) is 87.1 Å². The fourth-order valence-corrected chi connectivity index (χ4v) is 14.2. The molecule has 0 bridgehead atoms. The number of amides is 1. The summed E-state index contributed by atoms with van der Waals surface area (Å²) in [6, 6.07) is 0.249. The van der Waals surface area contributed by atoms with E-state index in [-0.39, 0.29) is 47.6 Å². The highest BCUT2D eigenvalue weighted by molar-refractivity contribution is 8.77. The molecule has 10 atom stereocenters. The number of rotatable bonds is 16.